The Kier molecular flexibility index (Phi) is 12.4. The van der Waals surface area contributed by atoms with Gasteiger partial charge in [-0.1, -0.05) is 55.1 Å². The number of nitrogens with zero attached hydrogens (tertiary/aromatic N) is 1. The smallest absolute Gasteiger partial charge is 0.480 e. The number of nitrogens with two attached hydrogens (primary N) is 1. The van der Waals surface area contributed by atoms with Crippen LogP contribution < -0.4 is 16.4 Å². The Morgan fingerprint density at radius 2 is 1.76 bits per heavy atom. The molecule has 0 spiro atoms. The summed E-state index contributed by atoms with van der Waals surface area (Å²) >= 11 is 0. The first-order chi connectivity index (χ1) is 19.3. The average Bonchev–Trinajstić information content (AvgIpc) is 3.59. The van der Waals surface area contributed by atoms with Crippen LogP contribution in [-0.4, -0.2) is 77.2 Å². The van der Waals surface area contributed by atoms with Gasteiger partial charge in [0.1, 0.15) is 18.0 Å². The molecular weight excluding hydrogens is 555 g/mol. The van der Waals surface area contributed by atoms with Gasteiger partial charge in [0.2, 0.25) is 5.91 Å². The van der Waals surface area contributed by atoms with E-state index < -0.39 is 42.3 Å². The van der Waals surface area contributed by atoms with Crippen LogP contribution in [0.5, 0.6) is 0 Å². The van der Waals surface area contributed by atoms with E-state index in [1.807, 2.05) is 0 Å². The molecule has 0 aromatic heterocycles. The van der Waals surface area contributed by atoms with Crippen molar-refractivity contribution in [3.8, 4) is 0 Å². The van der Waals surface area contributed by atoms with Crippen LogP contribution in [0.1, 0.15) is 56.1 Å². The number of hydrogen-bond acceptors (Lipinski definition) is 8. The van der Waals surface area contributed by atoms with Gasteiger partial charge in [-0.05, 0) is 17.9 Å². The zero-order chi connectivity index (χ0) is 30.6. The molecule has 226 valence electrons. The molecule has 1 aromatic rings. The fraction of sp³-hybridized carbons (Fsp3) is 0.520. The number of halogens is 3. The zero-order valence-corrected chi connectivity index (χ0v) is 21.9. The fourth-order valence-electron chi connectivity index (χ4n) is 4.05. The molecule has 1 saturated carbocycles. The maximum atomic E-state index is 12.3. The fourth-order valence-corrected chi connectivity index (χ4v) is 4.05. The number of oxime groups is 1. The molecule has 1 heterocycles. The van der Waals surface area contributed by atoms with Crippen LogP contribution in [0.25, 0.3) is 0 Å². The van der Waals surface area contributed by atoms with Crippen molar-refractivity contribution in [3.05, 3.63) is 35.4 Å². The first-order valence-electron chi connectivity index (χ1n) is 12.7. The number of carbonyl (C=O) groups excluding carboxylic acids is 2. The van der Waals surface area contributed by atoms with Crippen LogP contribution in [0.3, 0.4) is 0 Å². The highest BCUT2D eigenvalue weighted by Crippen LogP contribution is 2.27. The third kappa shape index (κ3) is 11.7. The molecule has 0 saturated heterocycles. The van der Waals surface area contributed by atoms with Crippen molar-refractivity contribution >= 4 is 35.5 Å². The van der Waals surface area contributed by atoms with Gasteiger partial charge >= 0.3 is 24.2 Å². The van der Waals surface area contributed by atoms with Crippen molar-refractivity contribution < 1.29 is 52.1 Å². The molecule has 1 fully saturated rings. The number of nitrogen functional groups attached to an aromatic ring is 1. The molecule has 41 heavy (non-hydrogen) atoms. The summed E-state index contributed by atoms with van der Waals surface area (Å²) in [7, 11) is 0. The van der Waals surface area contributed by atoms with Crippen LogP contribution in [0, 0.1) is 11.3 Å². The van der Waals surface area contributed by atoms with Crippen LogP contribution in [-0.2, 0) is 24.0 Å². The molecule has 16 heteroatoms. The Labute approximate surface area is 232 Å². The summed E-state index contributed by atoms with van der Waals surface area (Å²) in [6.07, 6.45) is -0.551. The van der Waals surface area contributed by atoms with Crippen molar-refractivity contribution in [2.24, 2.45) is 16.8 Å². The Morgan fingerprint density at radius 3 is 2.29 bits per heavy atom. The molecule has 2 atom stereocenters. The first-order valence-corrected chi connectivity index (χ1v) is 12.7. The molecular formula is C25H32F3N5O8. The van der Waals surface area contributed by atoms with Gasteiger partial charge in [-0.15, -0.1) is 0 Å². The summed E-state index contributed by atoms with van der Waals surface area (Å²) in [5.41, 5.74) is 7.51. The molecule has 0 bridgehead atoms. The third-order valence-electron chi connectivity index (χ3n) is 6.25. The molecule has 13 nitrogen and oxygen atoms in total. The number of alkyl halides is 3. The second kappa shape index (κ2) is 15.4. The van der Waals surface area contributed by atoms with Gasteiger partial charge < -0.3 is 36.2 Å². The first kappa shape index (κ1) is 32.8. The van der Waals surface area contributed by atoms with Crippen LogP contribution in [0.4, 0.5) is 18.0 Å². The average molecular weight is 588 g/mol. The van der Waals surface area contributed by atoms with Crippen molar-refractivity contribution in [3.63, 3.8) is 0 Å². The summed E-state index contributed by atoms with van der Waals surface area (Å²) in [6.45, 7) is -0.0349. The number of hydrogen-bond donors (Lipinski definition) is 6. The largest absolute Gasteiger partial charge is 0.490 e. The number of amidine groups is 1. The minimum atomic E-state index is -5.08. The van der Waals surface area contributed by atoms with Crippen molar-refractivity contribution in [1.82, 2.24) is 10.6 Å². The van der Waals surface area contributed by atoms with Gasteiger partial charge in [0.15, 0.2) is 0 Å². The number of carbonyl (C=O) groups is 4. The van der Waals surface area contributed by atoms with E-state index in [-0.39, 0.29) is 25.4 Å². The Hall–Kier alpha value is -4.37. The van der Waals surface area contributed by atoms with Crippen molar-refractivity contribution in [2.45, 2.75) is 63.3 Å². The molecule has 2 aliphatic rings. The van der Waals surface area contributed by atoms with Gasteiger partial charge in [-0.2, -0.15) is 13.2 Å². The SMILES string of the molecule is N=C(N)c1ccc(C2=NOC(CC(=O)NC[C@H](NC(=O)OCCC3CCCC3)C(=O)O)C2)cc1.O=C(O)C(F)(F)F. The van der Waals surface area contributed by atoms with Gasteiger partial charge in [0.25, 0.3) is 0 Å². The number of amides is 2. The van der Waals surface area contributed by atoms with Gasteiger partial charge in [-0.3, -0.25) is 10.2 Å². The maximum Gasteiger partial charge on any atom is 0.490 e. The summed E-state index contributed by atoms with van der Waals surface area (Å²) in [4.78, 5) is 49.9. The summed E-state index contributed by atoms with van der Waals surface area (Å²) in [5, 5.41) is 32.7. The van der Waals surface area contributed by atoms with Crippen molar-refractivity contribution in [2.75, 3.05) is 13.2 Å². The van der Waals surface area contributed by atoms with E-state index in [1.54, 1.807) is 24.3 Å². The topological polar surface area (TPSA) is 213 Å². The number of rotatable bonds is 11. The summed E-state index contributed by atoms with van der Waals surface area (Å²) in [5.74, 6) is -3.92. The van der Waals surface area contributed by atoms with E-state index in [4.69, 9.17) is 30.6 Å². The van der Waals surface area contributed by atoms with Crippen LogP contribution in [0.2, 0.25) is 0 Å². The predicted molar refractivity (Wildman–Crippen MR) is 137 cm³/mol. The van der Waals surface area contributed by atoms with Crippen molar-refractivity contribution in [1.29, 1.82) is 5.41 Å². The molecule has 1 unspecified atom stereocenters. The molecule has 1 aliphatic heterocycles. The number of nitrogens with one attached hydrogen (secondary N) is 3. The molecule has 1 aromatic carbocycles. The van der Waals surface area contributed by atoms with E-state index >= 15 is 0 Å². The Bertz CT molecular complexity index is 1120. The van der Waals surface area contributed by atoms with Crippen LogP contribution in [0.15, 0.2) is 29.4 Å². The highest BCUT2D eigenvalue weighted by Gasteiger charge is 2.38. The Morgan fingerprint density at radius 1 is 1.15 bits per heavy atom. The number of ether oxygens (including phenoxy) is 1. The number of carboxylic acids is 2. The van der Waals surface area contributed by atoms with Gasteiger partial charge in [0, 0.05) is 18.5 Å². The lowest BCUT2D eigenvalue weighted by Crippen LogP contribution is -2.49. The lowest BCUT2D eigenvalue weighted by atomic mass is 10.0. The number of aliphatic carboxylic acids is 2. The van der Waals surface area contributed by atoms with E-state index in [0.717, 1.165) is 24.8 Å². The van der Waals surface area contributed by atoms with E-state index in [0.29, 0.717) is 23.6 Å². The number of alkyl carbamates (subject to hydrolysis) is 1. The van der Waals surface area contributed by atoms with Crippen LogP contribution >= 0.6 is 0 Å². The molecule has 3 rings (SSSR count). The number of benzene rings is 1. The summed E-state index contributed by atoms with van der Waals surface area (Å²) in [6, 6.07) is 5.66. The highest BCUT2D eigenvalue weighted by atomic mass is 19.4. The standard InChI is InChI=1S/C23H31N5O6.C2HF3O2/c24-21(25)16-7-5-15(6-8-16)18-11-17(34-28-18)12-20(29)26-13-19(22(30)31)27-23(32)33-10-9-14-3-1-2-4-14;3-2(4,5)1(6)7/h5-8,14,17,19H,1-4,9-13H2,(H3,24,25)(H,26,29)(H,27,32)(H,30,31);(H,6,7)/t17?,19-;/m0./s1. The quantitative estimate of drug-likeness (QED) is 0.165. The second-order valence-corrected chi connectivity index (χ2v) is 9.38. The third-order valence-corrected chi connectivity index (χ3v) is 6.25. The van der Waals surface area contributed by atoms with Gasteiger partial charge in [-0.25, -0.2) is 14.4 Å². The lowest BCUT2D eigenvalue weighted by molar-refractivity contribution is -0.192. The zero-order valence-electron chi connectivity index (χ0n) is 21.9. The number of carboxylic acid groups (broad SMARTS) is 2. The van der Waals surface area contributed by atoms with E-state index in [2.05, 4.69) is 15.8 Å². The van der Waals surface area contributed by atoms with Gasteiger partial charge in [0.05, 0.1) is 18.7 Å². The van der Waals surface area contributed by atoms with E-state index in [9.17, 15) is 32.7 Å². The minimum absolute atomic E-state index is 0.0172. The monoisotopic (exact) mass is 587 g/mol. The maximum absolute atomic E-state index is 12.3. The predicted octanol–water partition coefficient (Wildman–Crippen LogP) is 2.36. The van der Waals surface area contributed by atoms with E-state index in [1.165, 1.54) is 12.8 Å². The normalized spacial score (nSPS) is 17.2. The second-order valence-electron chi connectivity index (χ2n) is 9.38. The molecule has 7 N–H and O–H groups in total. The molecule has 1 aliphatic carbocycles. The Balaban J connectivity index is 0.000000745. The highest BCUT2D eigenvalue weighted by molar-refractivity contribution is 6.02. The molecule has 2 amide bonds. The lowest BCUT2D eigenvalue weighted by Gasteiger charge is -2.16. The minimum Gasteiger partial charge on any atom is -0.480 e. The molecule has 0 radical (unpaired) electrons. The summed E-state index contributed by atoms with van der Waals surface area (Å²) < 4.78 is 36.8.